The number of fused-ring (bicyclic) bond motifs is 1. The second-order valence-corrected chi connectivity index (χ2v) is 6.32. The Labute approximate surface area is 160 Å². The normalized spacial score (nSPS) is 11.9. The predicted molar refractivity (Wildman–Crippen MR) is 99.4 cm³/mol. The van der Waals surface area contributed by atoms with Crippen molar-refractivity contribution in [3.8, 4) is 5.75 Å². The van der Waals surface area contributed by atoms with E-state index in [1.54, 1.807) is 36.4 Å². The molecule has 1 atom stereocenters. The molecule has 0 aliphatic rings. The molecule has 0 fully saturated rings. The number of para-hydroxylation sites is 1. The molecule has 0 radical (unpaired) electrons. The number of phenolic OH excluding ortho intramolecular Hbond substituents is 1. The van der Waals surface area contributed by atoms with Crippen molar-refractivity contribution in [1.29, 1.82) is 0 Å². The highest BCUT2D eigenvalue weighted by Crippen LogP contribution is 2.11. The minimum absolute atomic E-state index is 0.0197. The number of aliphatic carboxylic acids is 1. The number of carboxylic acid groups (broad SMARTS) is 1. The van der Waals surface area contributed by atoms with Gasteiger partial charge in [-0.1, -0.05) is 24.3 Å². The van der Waals surface area contributed by atoms with Crippen LogP contribution in [0.3, 0.4) is 0 Å². The molecule has 2 N–H and O–H groups in total. The van der Waals surface area contributed by atoms with E-state index in [4.69, 9.17) is 0 Å². The average Bonchev–Trinajstić information content (AvgIpc) is 2.68. The van der Waals surface area contributed by atoms with Gasteiger partial charge in [-0.15, -0.1) is 0 Å². The summed E-state index contributed by atoms with van der Waals surface area (Å²) in [4.78, 5) is 40.1. The third-order valence-corrected chi connectivity index (χ3v) is 4.31. The van der Waals surface area contributed by atoms with Crippen molar-refractivity contribution in [2.24, 2.45) is 0 Å². The lowest BCUT2D eigenvalue weighted by Crippen LogP contribution is -2.49. The third kappa shape index (κ3) is 4.53. The first-order valence-electron chi connectivity index (χ1n) is 8.66. The van der Waals surface area contributed by atoms with Gasteiger partial charge in [-0.2, -0.15) is 0 Å². The van der Waals surface area contributed by atoms with E-state index in [9.17, 15) is 24.6 Å². The first-order valence-corrected chi connectivity index (χ1v) is 8.66. The number of hydrogen-bond acceptors (Lipinski definition) is 6. The number of carboxylic acids is 1. The van der Waals surface area contributed by atoms with Gasteiger partial charge in [-0.3, -0.25) is 14.2 Å². The van der Waals surface area contributed by atoms with E-state index in [-0.39, 0.29) is 30.7 Å². The highest BCUT2D eigenvalue weighted by atomic mass is 16.4. The summed E-state index contributed by atoms with van der Waals surface area (Å²) in [5, 5.41) is 23.5. The van der Waals surface area contributed by atoms with Gasteiger partial charge in [-0.05, 0) is 36.2 Å². The fourth-order valence-electron chi connectivity index (χ4n) is 2.81. The molecule has 3 rings (SSSR count). The maximum Gasteiger partial charge on any atom is 0.261 e. The smallest absolute Gasteiger partial charge is 0.261 e. The number of aromatic nitrogens is 2. The highest BCUT2D eigenvalue weighted by Gasteiger charge is 2.15. The summed E-state index contributed by atoms with van der Waals surface area (Å²) in [6.07, 6.45) is 1.30. The van der Waals surface area contributed by atoms with Gasteiger partial charge in [0.15, 0.2) is 0 Å². The fraction of sp³-hybridized carbons (Fsp3) is 0.200. The fourth-order valence-corrected chi connectivity index (χ4v) is 2.81. The Hall–Kier alpha value is -3.68. The molecule has 2 aromatic carbocycles. The predicted octanol–water partition coefficient (Wildman–Crippen LogP) is -0.0304. The van der Waals surface area contributed by atoms with E-state index < -0.39 is 17.9 Å². The number of rotatable bonds is 7. The van der Waals surface area contributed by atoms with Gasteiger partial charge >= 0.3 is 0 Å². The van der Waals surface area contributed by atoms with Crippen LogP contribution in [0, 0.1) is 0 Å². The molecular formula is C20H18N3O5-. The second-order valence-electron chi connectivity index (χ2n) is 6.32. The number of benzene rings is 2. The number of aryl methyl sites for hydroxylation is 1. The van der Waals surface area contributed by atoms with Gasteiger partial charge in [0.1, 0.15) is 5.75 Å². The highest BCUT2D eigenvalue weighted by molar-refractivity contribution is 5.83. The molecule has 28 heavy (non-hydrogen) atoms. The van der Waals surface area contributed by atoms with Crippen molar-refractivity contribution >= 4 is 22.8 Å². The van der Waals surface area contributed by atoms with Gasteiger partial charge in [0, 0.05) is 13.0 Å². The number of amides is 1. The summed E-state index contributed by atoms with van der Waals surface area (Å²) in [6, 6.07) is 11.7. The van der Waals surface area contributed by atoms with Gasteiger partial charge < -0.3 is 20.3 Å². The Morgan fingerprint density at radius 2 is 1.86 bits per heavy atom. The maximum absolute atomic E-state index is 12.4. The Balaban J connectivity index is 1.63. The maximum atomic E-state index is 12.4. The standard InChI is InChI=1S/C20H19N3O5/c24-14-7-5-13(6-8-14)11-17(20(27)28)22-18(25)9-10-23-12-21-16-4-2-1-3-15(16)19(23)26/h1-8,12,17,24H,9-11H2,(H,22,25)(H,27,28)/p-1/t17-/m0/s1. The molecular weight excluding hydrogens is 362 g/mol. The Kier molecular flexibility index (Phi) is 5.69. The summed E-state index contributed by atoms with van der Waals surface area (Å²) in [7, 11) is 0. The summed E-state index contributed by atoms with van der Waals surface area (Å²) >= 11 is 0. The minimum atomic E-state index is -1.41. The summed E-state index contributed by atoms with van der Waals surface area (Å²) in [5.41, 5.74) is 0.931. The first kappa shape index (κ1) is 19.1. The zero-order chi connectivity index (χ0) is 20.1. The molecule has 3 aromatic rings. The largest absolute Gasteiger partial charge is 0.548 e. The molecule has 0 saturated carbocycles. The van der Waals surface area contributed by atoms with Crippen molar-refractivity contribution in [1.82, 2.24) is 14.9 Å². The zero-order valence-electron chi connectivity index (χ0n) is 14.9. The van der Waals surface area contributed by atoms with Crippen LogP contribution < -0.4 is 16.0 Å². The molecule has 0 saturated heterocycles. The topological polar surface area (TPSA) is 124 Å². The van der Waals surface area contributed by atoms with E-state index in [1.165, 1.54) is 23.0 Å². The minimum Gasteiger partial charge on any atom is -0.548 e. The van der Waals surface area contributed by atoms with Crippen LogP contribution in [0.2, 0.25) is 0 Å². The van der Waals surface area contributed by atoms with E-state index in [0.717, 1.165) is 0 Å². The van der Waals surface area contributed by atoms with E-state index in [2.05, 4.69) is 10.3 Å². The number of nitrogens with zero attached hydrogens (tertiary/aromatic N) is 2. The first-order chi connectivity index (χ1) is 13.4. The van der Waals surface area contributed by atoms with Gasteiger partial charge in [0.2, 0.25) is 5.91 Å². The summed E-state index contributed by atoms with van der Waals surface area (Å²) in [5.74, 6) is -1.87. The molecule has 0 aliphatic carbocycles. The summed E-state index contributed by atoms with van der Waals surface area (Å²) < 4.78 is 1.32. The van der Waals surface area contributed by atoms with Crippen molar-refractivity contribution in [2.75, 3.05) is 0 Å². The van der Waals surface area contributed by atoms with E-state index in [1.807, 2.05) is 0 Å². The number of carbonyl (C=O) groups excluding carboxylic acids is 2. The third-order valence-electron chi connectivity index (χ3n) is 4.31. The molecule has 144 valence electrons. The van der Waals surface area contributed by atoms with Crippen molar-refractivity contribution in [3.05, 3.63) is 70.8 Å². The van der Waals surface area contributed by atoms with Crippen LogP contribution in [-0.2, 0) is 22.6 Å². The second kappa shape index (κ2) is 8.34. The lowest BCUT2D eigenvalue weighted by Gasteiger charge is -2.20. The van der Waals surface area contributed by atoms with Crippen LogP contribution in [0.25, 0.3) is 10.9 Å². The monoisotopic (exact) mass is 380 g/mol. The number of phenols is 1. The quantitative estimate of drug-likeness (QED) is 0.593. The molecule has 0 unspecified atom stereocenters. The molecule has 1 heterocycles. The molecule has 8 nitrogen and oxygen atoms in total. The van der Waals surface area contributed by atoms with Crippen LogP contribution in [-0.4, -0.2) is 32.6 Å². The average molecular weight is 380 g/mol. The number of hydrogen-bond donors (Lipinski definition) is 2. The van der Waals surface area contributed by atoms with Gasteiger partial charge in [0.25, 0.3) is 5.56 Å². The van der Waals surface area contributed by atoms with Crippen molar-refractivity contribution < 1.29 is 19.8 Å². The van der Waals surface area contributed by atoms with E-state index in [0.29, 0.717) is 16.5 Å². The van der Waals surface area contributed by atoms with Gasteiger partial charge in [-0.25, -0.2) is 4.98 Å². The molecule has 0 aliphatic heterocycles. The Morgan fingerprint density at radius 3 is 2.57 bits per heavy atom. The van der Waals surface area contributed by atoms with Crippen LogP contribution in [0.15, 0.2) is 59.7 Å². The van der Waals surface area contributed by atoms with Crippen LogP contribution in [0.4, 0.5) is 0 Å². The Morgan fingerprint density at radius 1 is 1.14 bits per heavy atom. The van der Waals surface area contributed by atoms with Crippen molar-refractivity contribution in [2.45, 2.75) is 25.4 Å². The molecule has 1 amide bonds. The van der Waals surface area contributed by atoms with E-state index >= 15 is 0 Å². The van der Waals surface area contributed by atoms with Crippen LogP contribution >= 0.6 is 0 Å². The molecule has 1 aromatic heterocycles. The lowest BCUT2D eigenvalue weighted by atomic mass is 10.1. The van der Waals surface area contributed by atoms with Crippen molar-refractivity contribution in [3.63, 3.8) is 0 Å². The lowest BCUT2D eigenvalue weighted by molar-refractivity contribution is -0.308. The zero-order valence-corrected chi connectivity index (χ0v) is 14.9. The molecule has 8 heteroatoms. The summed E-state index contributed by atoms with van der Waals surface area (Å²) in [6.45, 7) is 0.0709. The van der Waals surface area contributed by atoms with Gasteiger partial charge in [0.05, 0.1) is 29.2 Å². The number of carbonyl (C=O) groups is 2. The van der Waals surface area contributed by atoms with Crippen LogP contribution in [0.5, 0.6) is 5.75 Å². The number of nitrogens with one attached hydrogen (secondary N) is 1. The Bertz CT molecular complexity index is 1060. The SMILES string of the molecule is O=C(CCn1cnc2ccccc2c1=O)N[C@@H](Cc1ccc(O)cc1)C(=O)[O-]. The molecule has 0 spiro atoms. The molecule has 0 bridgehead atoms. The van der Waals surface area contributed by atoms with Crippen LogP contribution in [0.1, 0.15) is 12.0 Å². The number of aromatic hydroxyl groups is 1.